The molecule has 0 unspecified atom stereocenters. The first-order valence-electron chi connectivity index (χ1n) is 9.40. The third kappa shape index (κ3) is 5.00. The van der Waals surface area contributed by atoms with Gasteiger partial charge in [0.2, 0.25) is 5.91 Å². The van der Waals surface area contributed by atoms with Gasteiger partial charge in [0.25, 0.3) is 5.91 Å². The van der Waals surface area contributed by atoms with E-state index < -0.39 is 0 Å². The van der Waals surface area contributed by atoms with Crippen LogP contribution in [-0.2, 0) is 17.8 Å². The van der Waals surface area contributed by atoms with Crippen molar-refractivity contribution in [3.05, 3.63) is 54.2 Å². The number of imidazole rings is 1. The fourth-order valence-electron chi connectivity index (χ4n) is 3.04. The van der Waals surface area contributed by atoms with Crippen molar-refractivity contribution in [2.24, 2.45) is 0 Å². The second kappa shape index (κ2) is 8.29. The van der Waals surface area contributed by atoms with Crippen LogP contribution in [0.2, 0.25) is 0 Å². The summed E-state index contributed by atoms with van der Waals surface area (Å²) in [6, 6.07) is 11.1. The maximum Gasteiger partial charge on any atom is 0.286 e. The van der Waals surface area contributed by atoms with E-state index in [9.17, 15) is 9.59 Å². The van der Waals surface area contributed by atoms with Crippen LogP contribution in [0.1, 0.15) is 43.6 Å². The fraction of sp³-hybridized carbons (Fsp3) is 0.381. The molecule has 2 amide bonds. The third-order valence-corrected chi connectivity index (χ3v) is 4.16. The van der Waals surface area contributed by atoms with Gasteiger partial charge in [-0.3, -0.25) is 9.59 Å². The Morgan fingerprint density at radius 2 is 1.93 bits per heavy atom. The summed E-state index contributed by atoms with van der Waals surface area (Å²) in [5.41, 5.74) is 1.51. The molecule has 0 spiro atoms. The van der Waals surface area contributed by atoms with Gasteiger partial charge in [0.05, 0.1) is 17.3 Å². The number of hydrogen-bond acceptors (Lipinski definition) is 4. The normalized spacial score (nSPS) is 11.5. The molecule has 7 heteroatoms. The summed E-state index contributed by atoms with van der Waals surface area (Å²) in [7, 11) is 0. The molecule has 2 heterocycles. The van der Waals surface area contributed by atoms with Crippen molar-refractivity contribution in [2.75, 3.05) is 6.54 Å². The molecule has 0 radical (unpaired) electrons. The molecule has 0 aliphatic heterocycles. The summed E-state index contributed by atoms with van der Waals surface area (Å²) in [4.78, 5) is 29.1. The van der Waals surface area contributed by atoms with Crippen LogP contribution in [0, 0.1) is 0 Å². The maximum absolute atomic E-state index is 12.4. The number of para-hydroxylation sites is 2. The van der Waals surface area contributed by atoms with Crippen molar-refractivity contribution >= 4 is 22.8 Å². The first-order chi connectivity index (χ1) is 13.3. The van der Waals surface area contributed by atoms with Crippen LogP contribution in [0.4, 0.5) is 0 Å². The lowest BCUT2D eigenvalue weighted by Crippen LogP contribution is -2.42. The average molecular weight is 382 g/mol. The van der Waals surface area contributed by atoms with E-state index >= 15 is 0 Å². The minimum Gasteiger partial charge on any atom is -0.459 e. The van der Waals surface area contributed by atoms with Crippen LogP contribution >= 0.6 is 0 Å². The van der Waals surface area contributed by atoms with E-state index in [1.165, 1.54) is 6.26 Å². The standard InChI is InChI=1S/C21H26N4O3/c1-21(2,3)24-19(26)14-25-16-9-5-4-8-15(16)23-18(25)11-6-12-22-20(27)17-10-7-13-28-17/h4-5,7-10,13H,6,11-12,14H2,1-3H3,(H,22,27)(H,24,26). The zero-order chi connectivity index (χ0) is 20.1. The lowest BCUT2D eigenvalue weighted by Gasteiger charge is -2.21. The van der Waals surface area contributed by atoms with Gasteiger partial charge < -0.3 is 19.6 Å². The number of aromatic nitrogens is 2. The Labute approximate surface area is 164 Å². The number of nitrogens with one attached hydrogen (secondary N) is 2. The predicted octanol–water partition coefficient (Wildman–Crippen LogP) is 2.91. The highest BCUT2D eigenvalue weighted by Crippen LogP contribution is 2.17. The summed E-state index contributed by atoms with van der Waals surface area (Å²) >= 11 is 0. The van der Waals surface area contributed by atoms with Crippen molar-refractivity contribution in [2.45, 2.75) is 45.7 Å². The molecule has 1 aromatic carbocycles. The molecule has 7 nitrogen and oxygen atoms in total. The molecule has 3 aromatic rings. The minimum atomic E-state index is -0.288. The molecule has 0 saturated heterocycles. The van der Waals surface area contributed by atoms with E-state index in [1.807, 2.05) is 49.6 Å². The molecule has 0 fully saturated rings. The van der Waals surface area contributed by atoms with Crippen molar-refractivity contribution in [1.82, 2.24) is 20.2 Å². The van der Waals surface area contributed by atoms with Gasteiger partial charge in [-0.2, -0.15) is 0 Å². The Kier molecular flexibility index (Phi) is 5.82. The monoisotopic (exact) mass is 382 g/mol. The average Bonchev–Trinajstić information content (AvgIpc) is 3.26. The molecule has 2 N–H and O–H groups in total. The van der Waals surface area contributed by atoms with Gasteiger partial charge in [0, 0.05) is 18.5 Å². The van der Waals surface area contributed by atoms with Gasteiger partial charge in [0.1, 0.15) is 12.4 Å². The van der Waals surface area contributed by atoms with E-state index in [4.69, 9.17) is 4.42 Å². The quantitative estimate of drug-likeness (QED) is 0.615. The van der Waals surface area contributed by atoms with Crippen molar-refractivity contribution in [1.29, 1.82) is 0 Å². The van der Waals surface area contributed by atoms with Gasteiger partial charge in [-0.25, -0.2) is 4.98 Å². The van der Waals surface area contributed by atoms with Gasteiger partial charge in [0.15, 0.2) is 5.76 Å². The fourth-order valence-corrected chi connectivity index (χ4v) is 3.04. The number of carbonyl (C=O) groups excluding carboxylic acids is 2. The number of benzene rings is 1. The number of amides is 2. The molecule has 148 valence electrons. The molecular weight excluding hydrogens is 356 g/mol. The highest BCUT2D eigenvalue weighted by atomic mass is 16.3. The van der Waals surface area contributed by atoms with Gasteiger partial charge >= 0.3 is 0 Å². The molecule has 2 aromatic heterocycles. The number of fused-ring (bicyclic) bond motifs is 1. The van der Waals surface area contributed by atoms with Gasteiger partial charge in [-0.1, -0.05) is 12.1 Å². The number of carbonyl (C=O) groups is 2. The number of nitrogens with zero attached hydrogens (tertiary/aromatic N) is 2. The van der Waals surface area contributed by atoms with E-state index in [-0.39, 0.29) is 23.9 Å². The molecular formula is C21H26N4O3. The molecule has 28 heavy (non-hydrogen) atoms. The number of hydrogen-bond donors (Lipinski definition) is 2. The van der Waals surface area contributed by atoms with E-state index in [1.54, 1.807) is 12.1 Å². The highest BCUT2D eigenvalue weighted by Gasteiger charge is 2.17. The smallest absolute Gasteiger partial charge is 0.286 e. The Hall–Kier alpha value is -3.09. The summed E-state index contributed by atoms with van der Waals surface area (Å²) in [5, 5.41) is 5.82. The molecule has 0 saturated carbocycles. The lowest BCUT2D eigenvalue weighted by atomic mass is 10.1. The zero-order valence-corrected chi connectivity index (χ0v) is 16.5. The molecule has 3 rings (SSSR count). The summed E-state index contributed by atoms with van der Waals surface area (Å²) in [6.07, 6.45) is 2.83. The third-order valence-electron chi connectivity index (χ3n) is 4.16. The molecule has 0 atom stereocenters. The van der Waals surface area contributed by atoms with Crippen LogP contribution in [0.5, 0.6) is 0 Å². The van der Waals surface area contributed by atoms with Crippen molar-refractivity contribution < 1.29 is 14.0 Å². The Balaban J connectivity index is 1.66. The number of aryl methyl sites for hydroxylation is 1. The zero-order valence-electron chi connectivity index (χ0n) is 16.5. The van der Waals surface area contributed by atoms with E-state index in [0.29, 0.717) is 25.1 Å². The molecule has 0 aliphatic carbocycles. The van der Waals surface area contributed by atoms with Crippen LogP contribution in [0.15, 0.2) is 47.1 Å². The van der Waals surface area contributed by atoms with Crippen LogP contribution in [-0.4, -0.2) is 33.4 Å². The number of rotatable bonds is 7. The first-order valence-corrected chi connectivity index (χ1v) is 9.40. The summed E-state index contributed by atoms with van der Waals surface area (Å²) in [5.74, 6) is 0.842. The highest BCUT2D eigenvalue weighted by molar-refractivity contribution is 5.91. The summed E-state index contributed by atoms with van der Waals surface area (Å²) < 4.78 is 7.03. The lowest BCUT2D eigenvalue weighted by molar-refractivity contribution is -0.123. The van der Waals surface area contributed by atoms with E-state index in [2.05, 4.69) is 15.6 Å². The van der Waals surface area contributed by atoms with Gasteiger partial charge in [-0.15, -0.1) is 0 Å². The van der Waals surface area contributed by atoms with Crippen molar-refractivity contribution in [3.8, 4) is 0 Å². The second-order valence-electron chi connectivity index (χ2n) is 7.74. The largest absolute Gasteiger partial charge is 0.459 e. The van der Waals surface area contributed by atoms with Gasteiger partial charge in [-0.05, 0) is 51.5 Å². The molecule has 0 aliphatic rings. The van der Waals surface area contributed by atoms with Crippen molar-refractivity contribution in [3.63, 3.8) is 0 Å². The Morgan fingerprint density at radius 1 is 1.14 bits per heavy atom. The second-order valence-corrected chi connectivity index (χ2v) is 7.74. The topological polar surface area (TPSA) is 89.2 Å². The SMILES string of the molecule is CC(C)(C)NC(=O)Cn1c(CCCNC(=O)c2ccco2)nc2ccccc21. The number of furan rings is 1. The van der Waals surface area contributed by atoms with Crippen LogP contribution < -0.4 is 10.6 Å². The summed E-state index contributed by atoms with van der Waals surface area (Å²) in [6.45, 7) is 6.58. The minimum absolute atomic E-state index is 0.0528. The Morgan fingerprint density at radius 3 is 2.64 bits per heavy atom. The van der Waals surface area contributed by atoms with Crippen LogP contribution in [0.25, 0.3) is 11.0 Å². The molecule has 0 bridgehead atoms. The van der Waals surface area contributed by atoms with Crippen LogP contribution in [0.3, 0.4) is 0 Å². The first kappa shape index (κ1) is 19.7. The van der Waals surface area contributed by atoms with E-state index in [0.717, 1.165) is 16.9 Å². The Bertz CT molecular complexity index is 952. The maximum atomic E-state index is 12.4. The predicted molar refractivity (Wildman–Crippen MR) is 107 cm³/mol.